The lowest BCUT2D eigenvalue weighted by atomic mass is 10.1. The molecule has 25 heteroatoms. The second-order valence-electron chi connectivity index (χ2n) is 26.1. The van der Waals surface area contributed by atoms with Crippen LogP contribution in [0.1, 0.15) is 33.8 Å². The quantitative estimate of drug-likeness (QED) is 0.0324. The maximum Gasteiger partial charge on any atom is 0.235 e. The summed E-state index contributed by atoms with van der Waals surface area (Å²) in [6.07, 6.45) is 5.67. The number of hydrogen-bond donors (Lipinski definition) is 0. The normalized spacial score (nSPS) is 11.4. The predicted octanol–water partition coefficient (Wildman–Crippen LogP) is 14.0. The Morgan fingerprint density at radius 3 is 0.866 bits per heavy atom. The Morgan fingerprint density at radius 1 is 0.295 bits per heavy atom. The van der Waals surface area contributed by atoms with Crippen molar-refractivity contribution >= 4 is 32.9 Å². The van der Waals surface area contributed by atoms with E-state index in [4.69, 9.17) is 55.9 Å². The first-order valence-corrected chi connectivity index (χ1v) is 36.7. The molecule has 0 fully saturated rings. The molecule has 112 heavy (non-hydrogen) atoms. The summed E-state index contributed by atoms with van der Waals surface area (Å²) in [6.45, 7) is 6.06. The number of benzene rings is 9. The van der Waals surface area contributed by atoms with Crippen molar-refractivity contribution in [1.82, 2.24) is 49.9 Å². The Bertz CT molecular complexity index is 5200. The fourth-order valence-corrected chi connectivity index (χ4v) is 12.5. The molecule has 15 aromatic rings. The summed E-state index contributed by atoms with van der Waals surface area (Å²) >= 11 is 0. The minimum Gasteiger partial charge on any atom is -0.491 e. The molecule has 566 valence electrons. The minimum absolute atomic E-state index is 0.142. The number of nitrogens with zero attached hydrogens (tertiary/aromatic N) is 10. The fourth-order valence-electron chi connectivity index (χ4n) is 12.5. The molecule has 0 aliphatic rings. The van der Waals surface area contributed by atoms with Crippen LogP contribution in [0.2, 0.25) is 0 Å². The molecule has 0 bridgehead atoms. The molecule has 0 atom stereocenters. The molecule has 6 aromatic heterocycles. The van der Waals surface area contributed by atoms with E-state index < -0.39 is 0 Å². The van der Waals surface area contributed by atoms with Gasteiger partial charge in [-0.1, -0.05) is 143 Å². The molecule has 0 spiro atoms. The van der Waals surface area contributed by atoms with Crippen LogP contribution >= 0.6 is 0 Å². The summed E-state index contributed by atoms with van der Waals surface area (Å²) in [7, 11) is 0. The van der Waals surface area contributed by atoms with E-state index in [0.717, 1.165) is 33.8 Å². The van der Waals surface area contributed by atoms with Crippen molar-refractivity contribution < 1.29 is 55.9 Å². The summed E-state index contributed by atoms with van der Waals surface area (Å²) < 4.78 is 78.6. The van der Waals surface area contributed by atoms with Crippen LogP contribution in [0.25, 0.3) is 66.9 Å². The summed E-state index contributed by atoms with van der Waals surface area (Å²) in [6, 6.07) is 72.3. The SMILES string of the molecule is O=c1c(OCc2ccccc2)c(-c2ccc(OCCOCCn3cc(CN(Cc4cn(CCOCCOc5ccc(-c6oc7ccccc7c(=O)c6OCc6ccccc6)cc5)nn4)Cc4cn(CCOCCOc5ccc(-c6oc7ccccc7c(=O)c6OCc6ccccc6)cc5)nn4)nn3)cc2)oc2ccccc12. The first kappa shape index (κ1) is 74.1. The highest BCUT2D eigenvalue weighted by atomic mass is 16.5. The zero-order valence-electron chi connectivity index (χ0n) is 61.1. The minimum atomic E-state index is -0.245. The summed E-state index contributed by atoms with van der Waals surface area (Å²) in [5.74, 6) is 3.30. The van der Waals surface area contributed by atoms with Crippen LogP contribution in [-0.4, -0.2) is 109 Å². The molecule has 0 N–H and O–H groups in total. The van der Waals surface area contributed by atoms with E-state index in [0.29, 0.717) is 183 Å². The van der Waals surface area contributed by atoms with Gasteiger partial charge in [0, 0.05) is 54.9 Å². The van der Waals surface area contributed by atoms with Gasteiger partial charge in [0.25, 0.3) is 0 Å². The van der Waals surface area contributed by atoms with Gasteiger partial charge in [-0.15, -0.1) is 15.3 Å². The molecule has 9 aromatic carbocycles. The van der Waals surface area contributed by atoms with Crippen molar-refractivity contribution in [2.45, 2.75) is 59.1 Å². The molecular weight excluding hydrogens is 1430 g/mol. The Balaban J connectivity index is 0.529. The first-order chi connectivity index (χ1) is 55.2. The lowest BCUT2D eigenvalue weighted by molar-refractivity contribution is 0.0923. The van der Waals surface area contributed by atoms with Gasteiger partial charge in [0.2, 0.25) is 33.5 Å². The second-order valence-corrected chi connectivity index (χ2v) is 26.1. The molecule has 25 nitrogen and oxygen atoms in total. The van der Waals surface area contributed by atoms with Gasteiger partial charge in [-0.3, -0.25) is 19.3 Å². The van der Waals surface area contributed by atoms with Gasteiger partial charge in [-0.2, -0.15) is 0 Å². The van der Waals surface area contributed by atoms with E-state index in [2.05, 4.69) is 35.8 Å². The van der Waals surface area contributed by atoms with Crippen LogP contribution in [0.3, 0.4) is 0 Å². The molecule has 0 saturated heterocycles. The zero-order valence-corrected chi connectivity index (χ0v) is 61.1. The van der Waals surface area contributed by atoms with Crippen LogP contribution in [0, 0.1) is 0 Å². The van der Waals surface area contributed by atoms with Crippen molar-refractivity contribution in [3.05, 3.63) is 320 Å². The van der Waals surface area contributed by atoms with Gasteiger partial charge in [-0.05, 0) is 126 Å². The van der Waals surface area contributed by atoms with Gasteiger partial charge in [0.05, 0.1) is 92.5 Å². The van der Waals surface area contributed by atoms with Crippen molar-refractivity contribution in [3.63, 3.8) is 0 Å². The Hall–Kier alpha value is -13.3. The first-order valence-electron chi connectivity index (χ1n) is 36.7. The Labute approximate surface area is 642 Å². The Morgan fingerprint density at radius 2 is 0.571 bits per heavy atom. The van der Waals surface area contributed by atoms with Crippen molar-refractivity contribution in [3.8, 4) is 68.5 Å². The molecular formula is C87H78N10O15. The largest absolute Gasteiger partial charge is 0.491 e. The van der Waals surface area contributed by atoms with Crippen LogP contribution in [0.15, 0.2) is 283 Å². The third kappa shape index (κ3) is 19.2. The van der Waals surface area contributed by atoms with Crippen LogP contribution in [-0.2, 0) is 73.3 Å². The van der Waals surface area contributed by atoms with Crippen molar-refractivity contribution in [2.75, 3.05) is 59.5 Å². The zero-order chi connectivity index (χ0) is 76.1. The highest BCUT2D eigenvalue weighted by molar-refractivity contribution is 5.84. The lowest BCUT2D eigenvalue weighted by Gasteiger charge is -2.18. The molecule has 0 aliphatic carbocycles. The number of rotatable bonds is 39. The molecule has 0 amide bonds. The van der Waals surface area contributed by atoms with E-state index in [1.54, 1.807) is 68.6 Å². The predicted molar refractivity (Wildman–Crippen MR) is 418 cm³/mol. The highest BCUT2D eigenvalue weighted by Crippen LogP contribution is 2.36. The van der Waals surface area contributed by atoms with Crippen LogP contribution in [0.4, 0.5) is 0 Å². The molecule has 0 aliphatic heterocycles. The van der Waals surface area contributed by atoms with E-state index in [-0.39, 0.29) is 53.4 Å². The Kier molecular flexibility index (Phi) is 24.3. The maximum absolute atomic E-state index is 13.7. The number of hydrogen-bond acceptors (Lipinski definition) is 22. The molecule has 0 unspecified atom stereocenters. The van der Waals surface area contributed by atoms with Crippen LogP contribution < -0.4 is 44.7 Å². The van der Waals surface area contributed by atoms with Crippen molar-refractivity contribution in [1.29, 1.82) is 0 Å². The topological polar surface area (TPSA) is 269 Å². The maximum atomic E-state index is 13.7. The van der Waals surface area contributed by atoms with Crippen molar-refractivity contribution in [2.24, 2.45) is 0 Å². The van der Waals surface area contributed by atoms with Gasteiger partial charge < -0.3 is 55.9 Å². The molecule has 0 saturated carbocycles. The van der Waals surface area contributed by atoms with E-state index >= 15 is 0 Å². The van der Waals surface area contributed by atoms with E-state index in [1.165, 1.54) is 0 Å². The monoisotopic (exact) mass is 1500 g/mol. The van der Waals surface area contributed by atoms with E-state index in [9.17, 15) is 14.4 Å². The number of para-hydroxylation sites is 3. The molecule has 6 heterocycles. The summed E-state index contributed by atoms with van der Waals surface area (Å²) in [5, 5.41) is 28.2. The van der Waals surface area contributed by atoms with Gasteiger partial charge in [0.15, 0.2) is 17.3 Å². The third-order valence-corrected chi connectivity index (χ3v) is 18.1. The fraction of sp³-hybridized carbons (Fsp3) is 0.207. The van der Waals surface area contributed by atoms with Crippen LogP contribution in [0.5, 0.6) is 34.5 Å². The summed E-state index contributed by atoms with van der Waals surface area (Å²) in [5.41, 5.74) is 7.59. The third-order valence-electron chi connectivity index (χ3n) is 18.1. The number of ether oxygens (including phenoxy) is 9. The highest BCUT2D eigenvalue weighted by Gasteiger charge is 2.23. The smallest absolute Gasteiger partial charge is 0.235 e. The molecule has 15 rings (SSSR count). The van der Waals surface area contributed by atoms with Gasteiger partial charge in [-0.25, -0.2) is 14.0 Å². The average molecular weight is 1500 g/mol. The average Bonchev–Trinajstić information content (AvgIpc) is 0.967. The standard InChI is InChI=1S/C87H78N10O15/c98-79-73-22-10-13-25-76(73)110-82(85(79)107-58-61-16-4-1-5-17-61)64-28-34-70(35-29-64)104-49-46-101-43-40-95-55-67(88-91-95)52-94(53-68-56-96(92-89-68)41-44-102-47-50-105-71-36-30-65(31-37-71)83-86(108-59-62-18-6-2-7-19-62)80(99)74-23-11-14-26-77(74)111-83)54-69-57-97(93-90-69)42-45-103-48-51-106-72-38-32-66(33-39-72)84-87(109-60-63-20-8-3-9-21-63)81(100)75-24-12-15-27-78(75)112-84/h1-39,55-57H,40-54,58-60H2. The number of fused-ring (bicyclic) bond motifs is 3. The lowest BCUT2D eigenvalue weighted by Crippen LogP contribution is -2.23. The van der Waals surface area contributed by atoms with Gasteiger partial charge >= 0.3 is 0 Å². The summed E-state index contributed by atoms with van der Waals surface area (Å²) in [4.78, 5) is 43.3. The molecule has 0 radical (unpaired) electrons. The van der Waals surface area contributed by atoms with E-state index in [1.807, 2.05) is 201 Å². The van der Waals surface area contributed by atoms with Gasteiger partial charge in [0.1, 0.15) is 73.6 Å². The second kappa shape index (κ2) is 36.7. The number of aromatic nitrogens is 9.